The van der Waals surface area contributed by atoms with Gasteiger partial charge in [-0.15, -0.1) is 0 Å². The number of para-hydroxylation sites is 2. The summed E-state index contributed by atoms with van der Waals surface area (Å²) in [6.07, 6.45) is 0.708. The van der Waals surface area contributed by atoms with E-state index < -0.39 is 21.8 Å². The number of esters is 1. The highest BCUT2D eigenvalue weighted by Gasteiger charge is 2.33. The molecule has 0 saturated carbocycles. The van der Waals surface area contributed by atoms with Crippen LogP contribution in [0.2, 0.25) is 0 Å². The molecule has 1 saturated heterocycles. The second-order valence-corrected chi connectivity index (χ2v) is 8.75. The van der Waals surface area contributed by atoms with E-state index in [9.17, 15) is 17.6 Å². The van der Waals surface area contributed by atoms with Crippen molar-refractivity contribution in [2.75, 3.05) is 13.1 Å². The van der Waals surface area contributed by atoms with Gasteiger partial charge in [0.05, 0.1) is 10.8 Å². The Kier molecular flexibility index (Phi) is 5.33. The highest BCUT2D eigenvalue weighted by Crippen LogP contribution is 2.25. The molecule has 1 aromatic heterocycles. The van der Waals surface area contributed by atoms with Crippen molar-refractivity contribution in [1.82, 2.24) is 9.29 Å². The maximum atomic E-state index is 13.0. The van der Waals surface area contributed by atoms with Gasteiger partial charge in [0.25, 0.3) is 0 Å². The van der Waals surface area contributed by atoms with Crippen molar-refractivity contribution < 1.29 is 26.8 Å². The van der Waals surface area contributed by atoms with Crippen LogP contribution in [0.3, 0.4) is 0 Å². The molecule has 4 rings (SSSR count). The Hall–Kier alpha value is -2.78. The largest absolute Gasteiger partial charge is 0.455 e. The molecule has 152 valence electrons. The van der Waals surface area contributed by atoms with Gasteiger partial charge in [0.1, 0.15) is 11.3 Å². The fourth-order valence-corrected chi connectivity index (χ4v) is 4.79. The molecule has 3 aromatic rings. The number of hydrogen-bond acceptors (Lipinski definition) is 6. The van der Waals surface area contributed by atoms with E-state index in [4.69, 9.17) is 9.15 Å². The topological polar surface area (TPSA) is 89.7 Å². The highest BCUT2D eigenvalue weighted by molar-refractivity contribution is 7.89. The van der Waals surface area contributed by atoms with Gasteiger partial charge >= 0.3 is 5.97 Å². The number of benzene rings is 2. The second-order valence-electron chi connectivity index (χ2n) is 6.82. The van der Waals surface area contributed by atoms with Gasteiger partial charge in [0.2, 0.25) is 15.9 Å². The highest BCUT2D eigenvalue weighted by atomic mass is 32.2. The van der Waals surface area contributed by atoms with Crippen LogP contribution < -0.4 is 0 Å². The van der Waals surface area contributed by atoms with Crippen molar-refractivity contribution >= 4 is 27.1 Å². The van der Waals surface area contributed by atoms with Crippen LogP contribution >= 0.6 is 0 Å². The third-order valence-electron chi connectivity index (χ3n) is 4.91. The number of ether oxygens (including phenoxy) is 1. The fourth-order valence-electron chi connectivity index (χ4n) is 3.32. The summed E-state index contributed by atoms with van der Waals surface area (Å²) in [5.41, 5.74) is 1.32. The molecule has 0 atom stereocenters. The zero-order valence-electron chi connectivity index (χ0n) is 15.5. The molecule has 0 bridgehead atoms. The lowest BCUT2D eigenvalue weighted by Crippen LogP contribution is -2.40. The Balaban J connectivity index is 1.32. The normalized spacial score (nSPS) is 16.2. The van der Waals surface area contributed by atoms with Crippen LogP contribution in [0.1, 0.15) is 18.7 Å². The van der Waals surface area contributed by atoms with Crippen LogP contribution in [0.25, 0.3) is 11.1 Å². The Morgan fingerprint density at radius 2 is 1.83 bits per heavy atom. The molecule has 2 aromatic carbocycles. The van der Waals surface area contributed by atoms with Gasteiger partial charge in [0.15, 0.2) is 12.2 Å². The van der Waals surface area contributed by atoms with Crippen LogP contribution in [0.15, 0.2) is 57.8 Å². The van der Waals surface area contributed by atoms with Gasteiger partial charge in [-0.25, -0.2) is 17.8 Å². The second kappa shape index (κ2) is 7.92. The first-order valence-electron chi connectivity index (χ1n) is 9.20. The number of carbonyl (C=O) groups excluding carboxylic acids is 1. The Bertz CT molecular complexity index is 1090. The van der Waals surface area contributed by atoms with Crippen LogP contribution in [0.4, 0.5) is 4.39 Å². The average Bonchev–Trinajstić information content (AvgIpc) is 3.15. The Morgan fingerprint density at radius 1 is 1.14 bits per heavy atom. The van der Waals surface area contributed by atoms with Crippen molar-refractivity contribution in [2.24, 2.45) is 5.92 Å². The molecule has 9 heteroatoms. The van der Waals surface area contributed by atoms with Crippen molar-refractivity contribution in [3.05, 3.63) is 60.2 Å². The maximum absolute atomic E-state index is 13.0. The minimum Gasteiger partial charge on any atom is -0.455 e. The molecule has 0 N–H and O–H groups in total. The molecule has 7 nitrogen and oxygen atoms in total. The predicted octanol–water partition coefficient (Wildman–Crippen LogP) is 3.11. The van der Waals surface area contributed by atoms with Gasteiger partial charge in [-0.3, -0.25) is 4.79 Å². The average molecular weight is 418 g/mol. The third kappa shape index (κ3) is 4.15. The van der Waals surface area contributed by atoms with E-state index in [-0.39, 0.29) is 30.5 Å². The summed E-state index contributed by atoms with van der Waals surface area (Å²) >= 11 is 0. The van der Waals surface area contributed by atoms with E-state index in [0.717, 1.165) is 12.1 Å². The van der Waals surface area contributed by atoms with Gasteiger partial charge in [-0.2, -0.15) is 4.31 Å². The molecule has 0 spiro atoms. The number of sulfonamides is 1. The van der Waals surface area contributed by atoms with Gasteiger partial charge in [-0.1, -0.05) is 12.1 Å². The molecule has 1 aliphatic rings. The van der Waals surface area contributed by atoms with E-state index >= 15 is 0 Å². The van der Waals surface area contributed by atoms with Crippen LogP contribution in [-0.2, 0) is 26.2 Å². The zero-order valence-corrected chi connectivity index (χ0v) is 16.3. The Labute approximate surface area is 167 Å². The molecule has 0 aliphatic carbocycles. The van der Waals surface area contributed by atoms with E-state index in [1.807, 2.05) is 12.1 Å². The van der Waals surface area contributed by atoms with Crippen LogP contribution in [-0.4, -0.2) is 36.8 Å². The molecule has 0 radical (unpaired) electrons. The number of halogens is 1. The minimum atomic E-state index is -3.71. The van der Waals surface area contributed by atoms with Gasteiger partial charge < -0.3 is 9.15 Å². The lowest BCUT2D eigenvalue weighted by atomic mass is 9.98. The number of carbonyl (C=O) groups is 1. The van der Waals surface area contributed by atoms with Crippen LogP contribution in [0, 0.1) is 11.7 Å². The number of piperidine rings is 1. The molecule has 1 aliphatic heterocycles. The summed E-state index contributed by atoms with van der Waals surface area (Å²) < 4.78 is 50.5. The molecule has 29 heavy (non-hydrogen) atoms. The number of oxazole rings is 1. The predicted molar refractivity (Wildman–Crippen MR) is 102 cm³/mol. The van der Waals surface area contributed by atoms with Gasteiger partial charge in [0, 0.05) is 13.1 Å². The first-order valence-corrected chi connectivity index (χ1v) is 10.6. The molecule has 2 heterocycles. The lowest BCUT2D eigenvalue weighted by molar-refractivity contribution is -0.151. The minimum absolute atomic E-state index is 0.0379. The maximum Gasteiger partial charge on any atom is 0.309 e. The number of rotatable bonds is 5. The number of fused-ring (bicyclic) bond motifs is 1. The molecular weight excluding hydrogens is 399 g/mol. The van der Waals surface area contributed by atoms with E-state index in [1.165, 1.54) is 16.4 Å². The summed E-state index contributed by atoms with van der Waals surface area (Å²) in [4.78, 5) is 16.6. The first kappa shape index (κ1) is 19.5. The number of aromatic nitrogens is 1. The van der Waals surface area contributed by atoms with Crippen molar-refractivity contribution in [3.63, 3.8) is 0 Å². The first-order chi connectivity index (χ1) is 13.9. The van der Waals surface area contributed by atoms with Gasteiger partial charge in [-0.05, 0) is 49.2 Å². The number of hydrogen-bond donors (Lipinski definition) is 0. The zero-order chi connectivity index (χ0) is 20.4. The third-order valence-corrected chi connectivity index (χ3v) is 6.83. The smallest absolute Gasteiger partial charge is 0.309 e. The molecular formula is C20H19FN2O5S. The summed E-state index contributed by atoms with van der Waals surface area (Å²) in [7, 11) is -3.71. The van der Waals surface area contributed by atoms with E-state index in [2.05, 4.69) is 4.98 Å². The van der Waals surface area contributed by atoms with E-state index in [0.29, 0.717) is 29.8 Å². The van der Waals surface area contributed by atoms with Crippen molar-refractivity contribution in [3.8, 4) is 0 Å². The standard InChI is InChI=1S/C20H19FN2O5S/c21-15-5-7-16(8-6-15)29(25,26)23-11-9-14(10-12-23)20(24)27-13-19-22-17-3-1-2-4-18(17)28-19/h1-8,14H,9-13H2. The summed E-state index contributed by atoms with van der Waals surface area (Å²) in [5, 5.41) is 0. The summed E-state index contributed by atoms with van der Waals surface area (Å²) in [6, 6.07) is 12.0. The number of nitrogens with zero attached hydrogens (tertiary/aromatic N) is 2. The summed E-state index contributed by atoms with van der Waals surface area (Å²) in [5.74, 6) is -0.967. The molecule has 0 unspecified atom stereocenters. The van der Waals surface area contributed by atoms with Crippen LogP contribution in [0.5, 0.6) is 0 Å². The van der Waals surface area contributed by atoms with Crippen molar-refractivity contribution in [2.45, 2.75) is 24.3 Å². The monoisotopic (exact) mass is 418 g/mol. The lowest BCUT2D eigenvalue weighted by Gasteiger charge is -2.30. The Morgan fingerprint density at radius 3 is 2.52 bits per heavy atom. The van der Waals surface area contributed by atoms with E-state index in [1.54, 1.807) is 12.1 Å². The SMILES string of the molecule is O=C(OCc1nc2ccccc2o1)C1CCN(S(=O)(=O)c2ccc(F)cc2)CC1. The van der Waals surface area contributed by atoms with Crippen molar-refractivity contribution in [1.29, 1.82) is 0 Å². The molecule has 0 amide bonds. The molecule has 1 fully saturated rings. The fraction of sp³-hybridized carbons (Fsp3) is 0.300. The quantitative estimate of drug-likeness (QED) is 0.592. The summed E-state index contributed by atoms with van der Waals surface area (Å²) in [6.45, 7) is 0.326.